The molecule has 2 rings (SSSR count). The maximum absolute atomic E-state index is 13.8. The Balaban J connectivity index is 2.20. The van der Waals surface area contributed by atoms with Gasteiger partial charge in [-0.1, -0.05) is 31.1 Å². The molecule has 0 aliphatic rings. The van der Waals surface area contributed by atoms with Crippen LogP contribution in [0.3, 0.4) is 0 Å². The smallest absolute Gasteiger partial charge is 0.231 e. The molecule has 4 nitrogen and oxygen atoms in total. The third kappa shape index (κ3) is 3.67. The van der Waals surface area contributed by atoms with E-state index in [4.69, 9.17) is 4.52 Å². The van der Waals surface area contributed by atoms with Crippen LogP contribution in [0, 0.1) is 5.82 Å². The van der Waals surface area contributed by atoms with Gasteiger partial charge in [0.1, 0.15) is 5.82 Å². The van der Waals surface area contributed by atoms with Crippen LogP contribution in [0.5, 0.6) is 0 Å². The lowest BCUT2D eigenvalue weighted by molar-refractivity contribution is 0.316. The van der Waals surface area contributed by atoms with Crippen molar-refractivity contribution >= 4 is 0 Å². The van der Waals surface area contributed by atoms with Crippen molar-refractivity contribution < 1.29 is 8.91 Å². The summed E-state index contributed by atoms with van der Waals surface area (Å²) in [5.41, 5.74) is 0.372. The van der Waals surface area contributed by atoms with Crippen LogP contribution >= 0.6 is 0 Å². The molecule has 0 bridgehead atoms. The van der Waals surface area contributed by atoms with E-state index in [-0.39, 0.29) is 17.8 Å². The minimum absolute atomic E-state index is 0.129. The van der Waals surface area contributed by atoms with Crippen molar-refractivity contribution in [3.63, 3.8) is 0 Å². The van der Waals surface area contributed by atoms with Gasteiger partial charge in [0, 0.05) is 6.04 Å². The number of nitrogens with zero attached hydrogens (tertiary/aromatic N) is 2. The van der Waals surface area contributed by atoms with Gasteiger partial charge >= 0.3 is 0 Å². The summed E-state index contributed by atoms with van der Waals surface area (Å²) in [6.07, 6.45) is 1.96. The minimum Gasteiger partial charge on any atom is -0.339 e. The summed E-state index contributed by atoms with van der Waals surface area (Å²) in [5.74, 6) is 0.663. The van der Waals surface area contributed by atoms with Gasteiger partial charge in [-0.15, -0.1) is 0 Å². The molecule has 1 N–H and O–H groups in total. The second-order valence-electron chi connectivity index (χ2n) is 5.19. The zero-order chi connectivity index (χ0) is 15.2. The first kappa shape index (κ1) is 15.6. The molecule has 2 aromatic rings. The van der Waals surface area contributed by atoms with E-state index in [1.54, 1.807) is 18.2 Å². The normalized spacial score (nSPS) is 14.1. The van der Waals surface area contributed by atoms with Gasteiger partial charge in [-0.2, -0.15) is 4.98 Å². The van der Waals surface area contributed by atoms with Gasteiger partial charge in [0.15, 0.2) is 0 Å². The van der Waals surface area contributed by atoms with Crippen LogP contribution in [0.1, 0.15) is 45.4 Å². The zero-order valence-corrected chi connectivity index (χ0v) is 12.8. The highest BCUT2D eigenvalue weighted by atomic mass is 19.1. The standard InChI is InChI=1S/C16H22FN3O/c1-4-10-18-11(3)12(5-2)16-19-15(20-21-16)13-8-6-7-9-14(13)17/h6-9,11-12,18H,4-5,10H2,1-3H3. The van der Waals surface area contributed by atoms with Crippen molar-refractivity contribution in [1.29, 1.82) is 0 Å². The van der Waals surface area contributed by atoms with Crippen molar-refractivity contribution in [1.82, 2.24) is 15.5 Å². The number of rotatable bonds is 7. The van der Waals surface area contributed by atoms with Gasteiger partial charge in [-0.05, 0) is 38.4 Å². The minimum atomic E-state index is -0.338. The Morgan fingerprint density at radius 3 is 2.71 bits per heavy atom. The Kier molecular flexibility index (Phi) is 5.44. The van der Waals surface area contributed by atoms with Gasteiger partial charge in [0.05, 0.1) is 11.5 Å². The lowest BCUT2D eigenvalue weighted by atomic mass is 9.98. The fourth-order valence-electron chi connectivity index (χ4n) is 2.39. The molecule has 1 heterocycles. The maximum atomic E-state index is 13.8. The monoisotopic (exact) mass is 291 g/mol. The zero-order valence-electron chi connectivity index (χ0n) is 12.8. The van der Waals surface area contributed by atoms with Gasteiger partial charge in [-0.3, -0.25) is 0 Å². The number of halogens is 1. The Morgan fingerprint density at radius 2 is 2.05 bits per heavy atom. The predicted octanol–water partition coefficient (Wildman–Crippen LogP) is 3.76. The molecule has 114 valence electrons. The number of benzene rings is 1. The van der Waals surface area contributed by atoms with Gasteiger partial charge in [0.2, 0.25) is 11.7 Å². The first-order valence-electron chi connectivity index (χ1n) is 7.49. The van der Waals surface area contributed by atoms with Crippen molar-refractivity contribution in [2.24, 2.45) is 0 Å². The van der Waals surface area contributed by atoms with Crippen LogP contribution in [0.2, 0.25) is 0 Å². The molecule has 0 saturated heterocycles. The Bertz CT molecular complexity index is 570. The Morgan fingerprint density at radius 1 is 1.29 bits per heavy atom. The molecular formula is C16H22FN3O. The molecule has 0 aliphatic carbocycles. The molecular weight excluding hydrogens is 269 g/mol. The SMILES string of the molecule is CCCNC(C)C(CC)c1nc(-c2ccccc2F)no1. The largest absolute Gasteiger partial charge is 0.339 e. The van der Waals surface area contributed by atoms with Crippen LogP contribution in [0.25, 0.3) is 11.4 Å². The summed E-state index contributed by atoms with van der Waals surface area (Å²) >= 11 is 0. The second kappa shape index (κ2) is 7.31. The van der Waals surface area contributed by atoms with Gasteiger partial charge in [-0.25, -0.2) is 4.39 Å². The highest BCUT2D eigenvalue weighted by Crippen LogP contribution is 2.25. The lowest BCUT2D eigenvalue weighted by Gasteiger charge is -2.20. The molecule has 1 aromatic heterocycles. The van der Waals surface area contributed by atoms with Crippen LogP contribution in [-0.2, 0) is 0 Å². The molecule has 0 aliphatic heterocycles. The molecule has 1 aromatic carbocycles. The lowest BCUT2D eigenvalue weighted by Crippen LogP contribution is -2.32. The molecule has 0 fully saturated rings. The molecule has 0 amide bonds. The second-order valence-corrected chi connectivity index (χ2v) is 5.19. The third-order valence-corrected chi connectivity index (χ3v) is 3.63. The van der Waals surface area contributed by atoms with E-state index in [1.165, 1.54) is 6.07 Å². The fraction of sp³-hybridized carbons (Fsp3) is 0.500. The van der Waals surface area contributed by atoms with E-state index in [0.29, 0.717) is 17.3 Å². The summed E-state index contributed by atoms with van der Waals surface area (Å²) in [4.78, 5) is 4.38. The summed E-state index contributed by atoms with van der Waals surface area (Å²) < 4.78 is 19.1. The number of nitrogens with one attached hydrogen (secondary N) is 1. The van der Waals surface area contributed by atoms with Gasteiger partial charge < -0.3 is 9.84 Å². The van der Waals surface area contributed by atoms with Crippen molar-refractivity contribution in [2.45, 2.75) is 45.6 Å². The number of hydrogen-bond donors (Lipinski definition) is 1. The van der Waals surface area contributed by atoms with Crippen LogP contribution in [0.4, 0.5) is 4.39 Å². The highest BCUT2D eigenvalue weighted by molar-refractivity contribution is 5.54. The molecule has 0 spiro atoms. The topological polar surface area (TPSA) is 51.0 Å². The average Bonchev–Trinajstić information content (AvgIpc) is 2.95. The number of aromatic nitrogens is 2. The van der Waals surface area contributed by atoms with Crippen molar-refractivity contribution in [2.75, 3.05) is 6.54 Å². The first-order chi connectivity index (χ1) is 10.2. The third-order valence-electron chi connectivity index (χ3n) is 3.63. The molecule has 0 saturated carbocycles. The summed E-state index contributed by atoms with van der Waals surface area (Å²) in [5, 5.41) is 7.37. The van der Waals surface area contributed by atoms with Crippen LogP contribution in [-0.4, -0.2) is 22.7 Å². The average molecular weight is 291 g/mol. The Labute approximate surface area is 124 Å². The summed E-state index contributed by atoms with van der Waals surface area (Å²) in [7, 11) is 0. The fourth-order valence-corrected chi connectivity index (χ4v) is 2.39. The summed E-state index contributed by atoms with van der Waals surface area (Å²) in [6.45, 7) is 7.27. The Hall–Kier alpha value is -1.75. The highest BCUT2D eigenvalue weighted by Gasteiger charge is 2.24. The van der Waals surface area contributed by atoms with Crippen molar-refractivity contribution in [3.05, 3.63) is 36.0 Å². The first-order valence-corrected chi connectivity index (χ1v) is 7.49. The predicted molar refractivity (Wildman–Crippen MR) is 80.5 cm³/mol. The van der Waals surface area contributed by atoms with E-state index >= 15 is 0 Å². The molecule has 2 atom stereocenters. The molecule has 5 heteroatoms. The quantitative estimate of drug-likeness (QED) is 0.844. The van der Waals surface area contributed by atoms with Crippen LogP contribution < -0.4 is 5.32 Å². The molecule has 0 radical (unpaired) electrons. The van der Waals surface area contributed by atoms with E-state index in [0.717, 1.165) is 19.4 Å². The van der Waals surface area contributed by atoms with E-state index in [2.05, 4.69) is 36.2 Å². The van der Waals surface area contributed by atoms with E-state index in [1.807, 2.05) is 0 Å². The number of hydrogen-bond acceptors (Lipinski definition) is 4. The van der Waals surface area contributed by atoms with Gasteiger partial charge in [0.25, 0.3) is 0 Å². The molecule has 21 heavy (non-hydrogen) atoms. The van der Waals surface area contributed by atoms with E-state index < -0.39 is 0 Å². The van der Waals surface area contributed by atoms with Crippen LogP contribution in [0.15, 0.2) is 28.8 Å². The van der Waals surface area contributed by atoms with E-state index in [9.17, 15) is 4.39 Å². The maximum Gasteiger partial charge on any atom is 0.231 e. The molecule has 2 unspecified atom stereocenters. The van der Waals surface area contributed by atoms with Crippen molar-refractivity contribution in [3.8, 4) is 11.4 Å². The summed E-state index contributed by atoms with van der Waals surface area (Å²) in [6, 6.07) is 6.70.